The standard InChI is InChI=1S/C7H16O4Si/c1-7(8)5-6-12(9-2,10-3)11-4/h5-6H2,1-4H3. The fourth-order valence-corrected chi connectivity index (χ4v) is 2.66. The van der Waals surface area contributed by atoms with E-state index in [9.17, 15) is 4.79 Å². The molecule has 12 heavy (non-hydrogen) atoms. The molecule has 0 bridgehead atoms. The van der Waals surface area contributed by atoms with Crippen LogP contribution in [0.3, 0.4) is 0 Å². The molecule has 0 saturated heterocycles. The van der Waals surface area contributed by atoms with Crippen molar-refractivity contribution < 1.29 is 18.1 Å². The highest BCUT2D eigenvalue weighted by atomic mass is 28.4. The van der Waals surface area contributed by atoms with E-state index in [0.29, 0.717) is 12.5 Å². The topological polar surface area (TPSA) is 44.8 Å². The minimum Gasteiger partial charge on any atom is -0.377 e. The highest BCUT2D eigenvalue weighted by molar-refractivity contribution is 6.60. The van der Waals surface area contributed by atoms with Gasteiger partial charge in [-0.1, -0.05) is 0 Å². The predicted molar refractivity (Wildman–Crippen MR) is 46.9 cm³/mol. The molecule has 0 aromatic heterocycles. The van der Waals surface area contributed by atoms with E-state index in [4.69, 9.17) is 13.3 Å². The minimum absolute atomic E-state index is 0.123. The zero-order chi connectivity index (χ0) is 9.61. The molecule has 5 heteroatoms. The summed E-state index contributed by atoms with van der Waals surface area (Å²) >= 11 is 0. The Morgan fingerprint density at radius 3 is 1.83 bits per heavy atom. The predicted octanol–water partition coefficient (Wildman–Crippen LogP) is 0.844. The lowest BCUT2D eigenvalue weighted by Crippen LogP contribution is -2.42. The summed E-state index contributed by atoms with van der Waals surface area (Å²) in [5, 5.41) is 0. The van der Waals surface area contributed by atoms with Crippen LogP contribution in [-0.4, -0.2) is 35.9 Å². The zero-order valence-corrected chi connectivity index (χ0v) is 9.05. The average Bonchev–Trinajstić information content (AvgIpc) is 2.08. The first kappa shape index (κ1) is 11.8. The largest absolute Gasteiger partial charge is 0.500 e. The van der Waals surface area contributed by atoms with Gasteiger partial charge in [-0.2, -0.15) is 0 Å². The van der Waals surface area contributed by atoms with Crippen LogP contribution in [0.4, 0.5) is 0 Å². The van der Waals surface area contributed by atoms with Crippen LogP contribution in [0.25, 0.3) is 0 Å². The molecule has 0 fully saturated rings. The molecule has 0 atom stereocenters. The molecular formula is C7H16O4Si. The Labute approximate surface area is 74.2 Å². The second-order valence-electron chi connectivity index (χ2n) is 2.50. The van der Waals surface area contributed by atoms with Crippen molar-refractivity contribution in [3.63, 3.8) is 0 Å². The molecule has 72 valence electrons. The van der Waals surface area contributed by atoms with E-state index in [0.717, 1.165) is 0 Å². The summed E-state index contributed by atoms with van der Waals surface area (Å²) in [5.41, 5.74) is 0. The first-order chi connectivity index (χ1) is 5.60. The summed E-state index contributed by atoms with van der Waals surface area (Å²) in [4.78, 5) is 10.7. The quantitative estimate of drug-likeness (QED) is 0.585. The molecule has 0 aromatic carbocycles. The van der Waals surface area contributed by atoms with E-state index in [1.165, 1.54) is 0 Å². The summed E-state index contributed by atoms with van der Waals surface area (Å²) < 4.78 is 15.4. The van der Waals surface area contributed by atoms with Crippen LogP contribution in [0.5, 0.6) is 0 Å². The molecule has 0 radical (unpaired) electrons. The van der Waals surface area contributed by atoms with Gasteiger partial charge in [-0.3, -0.25) is 0 Å². The Morgan fingerprint density at radius 2 is 1.58 bits per heavy atom. The van der Waals surface area contributed by atoms with Crippen molar-refractivity contribution in [3.8, 4) is 0 Å². The van der Waals surface area contributed by atoms with Gasteiger partial charge in [0, 0.05) is 33.8 Å². The van der Waals surface area contributed by atoms with Gasteiger partial charge in [0.25, 0.3) is 0 Å². The first-order valence-electron chi connectivity index (χ1n) is 3.75. The van der Waals surface area contributed by atoms with Gasteiger partial charge in [0.05, 0.1) is 0 Å². The third-order valence-electron chi connectivity index (χ3n) is 1.72. The van der Waals surface area contributed by atoms with Crippen molar-refractivity contribution in [3.05, 3.63) is 0 Å². The number of carbonyl (C=O) groups excluding carboxylic acids is 1. The van der Waals surface area contributed by atoms with Gasteiger partial charge in [0.15, 0.2) is 0 Å². The van der Waals surface area contributed by atoms with Gasteiger partial charge < -0.3 is 18.1 Å². The molecule has 0 aliphatic heterocycles. The zero-order valence-electron chi connectivity index (χ0n) is 8.05. The van der Waals surface area contributed by atoms with E-state index in [-0.39, 0.29) is 5.78 Å². The molecule has 0 aromatic rings. The Hall–Kier alpha value is -0.233. The summed E-state index contributed by atoms with van der Waals surface area (Å²) in [6, 6.07) is 0.547. The molecular weight excluding hydrogens is 176 g/mol. The number of hydrogen-bond acceptors (Lipinski definition) is 4. The molecule has 0 aliphatic carbocycles. The van der Waals surface area contributed by atoms with Crippen molar-refractivity contribution in [1.29, 1.82) is 0 Å². The maximum absolute atomic E-state index is 10.7. The Morgan fingerprint density at radius 1 is 1.17 bits per heavy atom. The number of carbonyl (C=O) groups is 1. The number of rotatable bonds is 6. The minimum atomic E-state index is -2.50. The smallest absolute Gasteiger partial charge is 0.377 e. The molecule has 0 unspecified atom stereocenters. The third-order valence-corrected chi connectivity index (χ3v) is 4.44. The summed E-state index contributed by atoms with van der Waals surface area (Å²) in [6.45, 7) is 1.54. The van der Waals surface area contributed by atoms with E-state index < -0.39 is 8.80 Å². The number of hydrogen-bond donors (Lipinski definition) is 0. The van der Waals surface area contributed by atoms with Crippen LogP contribution >= 0.6 is 0 Å². The van der Waals surface area contributed by atoms with Crippen LogP contribution in [-0.2, 0) is 18.1 Å². The fraction of sp³-hybridized carbons (Fsp3) is 0.857. The fourth-order valence-electron chi connectivity index (χ4n) is 0.885. The van der Waals surface area contributed by atoms with Crippen molar-refractivity contribution in [2.75, 3.05) is 21.3 Å². The van der Waals surface area contributed by atoms with Gasteiger partial charge in [-0.25, -0.2) is 0 Å². The van der Waals surface area contributed by atoms with Crippen LogP contribution in [0.1, 0.15) is 13.3 Å². The molecule has 0 rings (SSSR count). The number of ketones is 1. The van der Waals surface area contributed by atoms with E-state index in [1.54, 1.807) is 28.3 Å². The van der Waals surface area contributed by atoms with Crippen molar-refractivity contribution in [2.45, 2.75) is 19.4 Å². The molecule has 4 nitrogen and oxygen atoms in total. The SMILES string of the molecule is CO[Si](CCC(C)=O)(OC)OC. The second kappa shape index (κ2) is 5.42. The van der Waals surface area contributed by atoms with E-state index >= 15 is 0 Å². The Bertz CT molecular complexity index is 136. The molecule has 0 heterocycles. The highest BCUT2D eigenvalue weighted by Gasteiger charge is 2.37. The first-order valence-corrected chi connectivity index (χ1v) is 5.68. The lowest BCUT2D eigenvalue weighted by Gasteiger charge is -2.23. The summed E-state index contributed by atoms with van der Waals surface area (Å²) in [5.74, 6) is 0.123. The highest BCUT2D eigenvalue weighted by Crippen LogP contribution is 2.14. The third kappa shape index (κ3) is 3.44. The van der Waals surface area contributed by atoms with Crippen LogP contribution in [0, 0.1) is 0 Å². The maximum atomic E-state index is 10.7. The summed E-state index contributed by atoms with van der Waals surface area (Å²) in [7, 11) is 2.12. The summed E-state index contributed by atoms with van der Waals surface area (Å²) in [6.07, 6.45) is 0.446. The molecule has 0 aliphatic rings. The molecule has 0 N–H and O–H groups in total. The van der Waals surface area contributed by atoms with Gasteiger partial charge in [-0.05, 0) is 6.92 Å². The molecule has 0 saturated carbocycles. The van der Waals surface area contributed by atoms with Crippen LogP contribution in [0.15, 0.2) is 0 Å². The maximum Gasteiger partial charge on any atom is 0.500 e. The van der Waals surface area contributed by atoms with Gasteiger partial charge in [0.1, 0.15) is 5.78 Å². The van der Waals surface area contributed by atoms with Crippen molar-refractivity contribution in [1.82, 2.24) is 0 Å². The lowest BCUT2D eigenvalue weighted by atomic mass is 10.4. The van der Waals surface area contributed by atoms with E-state index in [2.05, 4.69) is 0 Å². The molecule has 0 spiro atoms. The van der Waals surface area contributed by atoms with Crippen LogP contribution < -0.4 is 0 Å². The van der Waals surface area contributed by atoms with Gasteiger partial charge >= 0.3 is 8.80 Å². The number of Topliss-reactive ketones (excluding diaryl/α,β-unsaturated/α-hetero) is 1. The van der Waals surface area contributed by atoms with E-state index in [1.807, 2.05) is 0 Å². The molecule has 0 amide bonds. The normalized spacial score (nSPS) is 11.7. The van der Waals surface area contributed by atoms with Crippen LogP contribution in [0.2, 0.25) is 6.04 Å². The average molecular weight is 192 g/mol. The lowest BCUT2D eigenvalue weighted by molar-refractivity contribution is -0.116. The van der Waals surface area contributed by atoms with Gasteiger partial charge in [0.2, 0.25) is 0 Å². The Kier molecular flexibility index (Phi) is 5.31. The Balaban J connectivity index is 4.01. The monoisotopic (exact) mass is 192 g/mol. The van der Waals surface area contributed by atoms with Gasteiger partial charge in [-0.15, -0.1) is 0 Å². The van der Waals surface area contributed by atoms with Crippen molar-refractivity contribution >= 4 is 14.6 Å². The second-order valence-corrected chi connectivity index (χ2v) is 5.59. The van der Waals surface area contributed by atoms with Crippen molar-refractivity contribution in [2.24, 2.45) is 0 Å².